The highest BCUT2D eigenvalue weighted by molar-refractivity contribution is 7.89. The van der Waals surface area contributed by atoms with E-state index in [0.717, 1.165) is 6.07 Å². The standard InChI is InChI=1S/C7H7N3O6S/c1-4-2-7(17(8,15)16)6(10(13)14)3-5(4)9(11)12/h2-3H,1H3,(H2,8,15,16). The monoisotopic (exact) mass is 261 g/mol. The molecule has 92 valence electrons. The summed E-state index contributed by atoms with van der Waals surface area (Å²) in [4.78, 5) is 18.6. The van der Waals surface area contributed by atoms with Gasteiger partial charge in [-0.15, -0.1) is 0 Å². The quantitative estimate of drug-likeness (QED) is 0.617. The van der Waals surface area contributed by atoms with Crippen molar-refractivity contribution < 1.29 is 18.3 Å². The Morgan fingerprint density at radius 2 is 1.59 bits per heavy atom. The van der Waals surface area contributed by atoms with Crippen LogP contribution in [0.2, 0.25) is 0 Å². The molecule has 0 atom stereocenters. The highest BCUT2D eigenvalue weighted by atomic mass is 32.2. The number of nitro groups is 2. The van der Waals surface area contributed by atoms with Gasteiger partial charge in [-0.2, -0.15) is 0 Å². The summed E-state index contributed by atoms with van der Waals surface area (Å²) in [6.45, 7) is 1.26. The van der Waals surface area contributed by atoms with Crippen molar-refractivity contribution >= 4 is 21.4 Å². The molecule has 0 aromatic heterocycles. The molecular formula is C7H7N3O6S. The molecule has 2 N–H and O–H groups in total. The van der Waals surface area contributed by atoms with E-state index in [1.807, 2.05) is 0 Å². The highest BCUT2D eigenvalue weighted by Crippen LogP contribution is 2.30. The maximum atomic E-state index is 11.1. The second kappa shape index (κ2) is 4.07. The van der Waals surface area contributed by atoms with Crippen molar-refractivity contribution in [1.29, 1.82) is 0 Å². The molecule has 0 saturated carbocycles. The smallest absolute Gasteiger partial charge is 0.258 e. The van der Waals surface area contributed by atoms with Gasteiger partial charge < -0.3 is 0 Å². The van der Waals surface area contributed by atoms with E-state index in [0.29, 0.717) is 6.07 Å². The number of primary sulfonamides is 1. The first-order chi connectivity index (χ1) is 7.64. The van der Waals surface area contributed by atoms with E-state index in [2.05, 4.69) is 0 Å². The lowest BCUT2D eigenvalue weighted by Gasteiger charge is -2.02. The van der Waals surface area contributed by atoms with Gasteiger partial charge in [-0.25, -0.2) is 13.6 Å². The zero-order valence-corrected chi connectivity index (χ0v) is 9.30. The SMILES string of the molecule is Cc1cc(S(N)(=O)=O)c([N+](=O)[O-])cc1[N+](=O)[O-]. The van der Waals surface area contributed by atoms with Crippen LogP contribution in [0.25, 0.3) is 0 Å². The predicted octanol–water partition coefficient (Wildman–Crippen LogP) is 0.459. The largest absolute Gasteiger partial charge is 0.296 e. The number of sulfonamides is 1. The zero-order chi connectivity index (χ0) is 13.4. The summed E-state index contributed by atoms with van der Waals surface area (Å²) in [5.41, 5.74) is -1.47. The Hall–Kier alpha value is -2.07. The van der Waals surface area contributed by atoms with Crippen LogP contribution in [-0.2, 0) is 10.0 Å². The number of hydrogen-bond acceptors (Lipinski definition) is 6. The number of hydrogen-bond donors (Lipinski definition) is 1. The van der Waals surface area contributed by atoms with Crippen molar-refractivity contribution in [2.24, 2.45) is 5.14 Å². The fourth-order valence-corrected chi connectivity index (χ4v) is 1.99. The Morgan fingerprint density at radius 3 is 1.94 bits per heavy atom. The van der Waals surface area contributed by atoms with Gasteiger partial charge in [0.2, 0.25) is 10.0 Å². The molecule has 0 aliphatic heterocycles. The fourth-order valence-electron chi connectivity index (χ4n) is 1.23. The lowest BCUT2D eigenvalue weighted by atomic mass is 10.2. The number of rotatable bonds is 3. The lowest BCUT2D eigenvalue weighted by molar-refractivity contribution is -0.396. The minimum absolute atomic E-state index is 0.0235. The molecular weight excluding hydrogens is 254 g/mol. The average molecular weight is 261 g/mol. The first-order valence-electron chi connectivity index (χ1n) is 4.11. The molecule has 1 aromatic carbocycles. The molecule has 1 rings (SSSR count). The molecule has 0 unspecified atom stereocenters. The fraction of sp³-hybridized carbons (Fsp3) is 0.143. The molecule has 0 aliphatic rings. The summed E-state index contributed by atoms with van der Waals surface area (Å²) in [6, 6.07) is 1.39. The summed E-state index contributed by atoms with van der Waals surface area (Å²) in [5, 5.41) is 26.0. The van der Waals surface area contributed by atoms with E-state index >= 15 is 0 Å². The van der Waals surface area contributed by atoms with Crippen molar-refractivity contribution in [2.75, 3.05) is 0 Å². The number of benzene rings is 1. The van der Waals surface area contributed by atoms with Crippen LogP contribution in [-0.4, -0.2) is 18.3 Å². The molecule has 0 radical (unpaired) electrons. The van der Waals surface area contributed by atoms with E-state index in [9.17, 15) is 28.6 Å². The number of aryl methyl sites for hydroxylation is 1. The molecule has 0 fully saturated rings. The van der Waals surface area contributed by atoms with Crippen molar-refractivity contribution in [3.05, 3.63) is 37.9 Å². The van der Waals surface area contributed by atoms with Gasteiger partial charge in [-0.3, -0.25) is 20.2 Å². The Kier molecular flexibility index (Phi) is 3.11. The topological polar surface area (TPSA) is 146 Å². The Bertz CT molecular complexity index is 608. The third kappa shape index (κ3) is 2.54. The minimum atomic E-state index is -4.31. The Morgan fingerprint density at radius 1 is 1.12 bits per heavy atom. The minimum Gasteiger partial charge on any atom is -0.258 e. The second-order valence-electron chi connectivity index (χ2n) is 3.17. The van der Waals surface area contributed by atoms with E-state index in [-0.39, 0.29) is 5.56 Å². The van der Waals surface area contributed by atoms with Gasteiger partial charge in [-0.1, -0.05) is 0 Å². The molecule has 10 heteroatoms. The number of nitro benzene ring substituents is 2. The third-order valence-corrected chi connectivity index (χ3v) is 2.92. The molecule has 0 heterocycles. The summed E-state index contributed by atoms with van der Waals surface area (Å²) in [6.07, 6.45) is 0. The van der Waals surface area contributed by atoms with E-state index < -0.39 is 36.1 Å². The second-order valence-corrected chi connectivity index (χ2v) is 4.70. The maximum absolute atomic E-state index is 11.1. The number of nitrogens with two attached hydrogens (primary N) is 1. The van der Waals surface area contributed by atoms with E-state index in [1.54, 1.807) is 0 Å². The van der Waals surface area contributed by atoms with Crippen LogP contribution in [0.15, 0.2) is 17.0 Å². The first kappa shape index (κ1) is 13.0. The Labute approximate surface area is 95.2 Å². The van der Waals surface area contributed by atoms with Gasteiger partial charge >= 0.3 is 0 Å². The highest BCUT2D eigenvalue weighted by Gasteiger charge is 2.28. The summed E-state index contributed by atoms with van der Waals surface area (Å²) < 4.78 is 22.2. The van der Waals surface area contributed by atoms with Crippen LogP contribution in [0.4, 0.5) is 11.4 Å². The van der Waals surface area contributed by atoms with Gasteiger partial charge in [0.15, 0.2) is 4.90 Å². The third-order valence-electron chi connectivity index (χ3n) is 1.98. The zero-order valence-electron chi connectivity index (χ0n) is 8.48. The predicted molar refractivity (Wildman–Crippen MR) is 55.9 cm³/mol. The molecule has 9 nitrogen and oxygen atoms in total. The molecule has 0 aliphatic carbocycles. The van der Waals surface area contributed by atoms with Crippen molar-refractivity contribution in [3.8, 4) is 0 Å². The summed E-state index contributed by atoms with van der Waals surface area (Å²) in [7, 11) is -4.31. The van der Waals surface area contributed by atoms with Crippen LogP contribution in [0, 0.1) is 27.2 Å². The first-order valence-corrected chi connectivity index (χ1v) is 5.65. The van der Waals surface area contributed by atoms with E-state index in [1.165, 1.54) is 6.92 Å². The van der Waals surface area contributed by atoms with Crippen LogP contribution in [0.5, 0.6) is 0 Å². The molecule has 0 saturated heterocycles. The summed E-state index contributed by atoms with van der Waals surface area (Å²) in [5.74, 6) is 0. The molecule has 0 bridgehead atoms. The van der Waals surface area contributed by atoms with Gasteiger partial charge in [0.1, 0.15) is 0 Å². The van der Waals surface area contributed by atoms with Crippen LogP contribution in [0.3, 0.4) is 0 Å². The van der Waals surface area contributed by atoms with E-state index in [4.69, 9.17) is 5.14 Å². The molecule has 0 spiro atoms. The normalized spacial score (nSPS) is 11.2. The van der Waals surface area contributed by atoms with Crippen LogP contribution < -0.4 is 5.14 Å². The van der Waals surface area contributed by atoms with Crippen molar-refractivity contribution in [3.63, 3.8) is 0 Å². The molecule has 1 aromatic rings. The Balaban J connectivity index is 3.70. The molecule has 17 heavy (non-hydrogen) atoms. The average Bonchev–Trinajstić information content (AvgIpc) is 2.14. The van der Waals surface area contributed by atoms with Gasteiger partial charge in [0, 0.05) is 5.56 Å². The van der Waals surface area contributed by atoms with Crippen LogP contribution in [0.1, 0.15) is 5.56 Å². The van der Waals surface area contributed by atoms with Gasteiger partial charge in [-0.05, 0) is 13.0 Å². The van der Waals surface area contributed by atoms with Gasteiger partial charge in [0.05, 0.1) is 15.9 Å². The summed E-state index contributed by atoms with van der Waals surface area (Å²) >= 11 is 0. The lowest BCUT2D eigenvalue weighted by Crippen LogP contribution is -2.15. The molecule has 0 amide bonds. The van der Waals surface area contributed by atoms with Gasteiger partial charge in [0.25, 0.3) is 11.4 Å². The van der Waals surface area contributed by atoms with Crippen molar-refractivity contribution in [2.45, 2.75) is 11.8 Å². The van der Waals surface area contributed by atoms with Crippen molar-refractivity contribution in [1.82, 2.24) is 0 Å². The number of nitrogens with zero attached hydrogens (tertiary/aromatic N) is 2. The maximum Gasteiger partial charge on any atom is 0.296 e. The van der Waals surface area contributed by atoms with Crippen LogP contribution >= 0.6 is 0 Å².